The number of rotatable bonds is 8. The molecule has 6 nitrogen and oxygen atoms in total. The van der Waals surface area contributed by atoms with Gasteiger partial charge in [-0.15, -0.1) is 0 Å². The van der Waals surface area contributed by atoms with Crippen molar-refractivity contribution in [2.24, 2.45) is 0 Å². The minimum Gasteiger partial charge on any atom is -0.493 e. The van der Waals surface area contributed by atoms with Crippen molar-refractivity contribution >= 4 is 28.5 Å². The number of fused-ring (bicyclic) bond motifs is 2. The molecule has 1 aliphatic rings. The standard InChI is InChI=1S/C31H30ClNO5/c1-5-6-13-37-24-12-11-20(16-25(24)36-4)27-26-28(34)22-15-18(2)14-19(3)29(22)38-30(26)31(35)33(27)17-21-9-7-8-10-23(21)32/h7-12,14-16,27H,5-6,13,17H2,1-4H3. The van der Waals surface area contributed by atoms with Crippen molar-refractivity contribution in [3.05, 3.63) is 103 Å². The molecule has 0 spiro atoms. The molecule has 7 heteroatoms. The van der Waals surface area contributed by atoms with Crippen molar-refractivity contribution in [2.75, 3.05) is 13.7 Å². The molecule has 5 rings (SSSR count). The lowest BCUT2D eigenvalue weighted by molar-refractivity contribution is 0.0714. The second-order valence-corrected chi connectivity index (χ2v) is 10.1. The molecule has 1 amide bonds. The van der Waals surface area contributed by atoms with Crippen LogP contribution in [0.5, 0.6) is 11.5 Å². The van der Waals surface area contributed by atoms with Crippen LogP contribution in [0.15, 0.2) is 63.8 Å². The molecular formula is C31H30ClNO5. The third kappa shape index (κ3) is 4.54. The molecule has 0 aliphatic carbocycles. The van der Waals surface area contributed by atoms with Crippen LogP contribution in [0.3, 0.4) is 0 Å². The second kappa shape index (κ2) is 10.5. The summed E-state index contributed by atoms with van der Waals surface area (Å²) in [4.78, 5) is 29.5. The van der Waals surface area contributed by atoms with Gasteiger partial charge in [0.1, 0.15) is 5.58 Å². The van der Waals surface area contributed by atoms with Gasteiger partial charge in [-0.3, -0.25) is 9.59 Å². The van der Waals surface area contributed by atoms with E-state index >= 15 is 0 Å². The van der Waals surface area contributed by atoms with Gasteiger partial charge in [0, 0.05) is 11.6 Å². The number of aryl methyl sites for hydroxylation is 2. The summed E-state index contributed by atoms with van der Waals surface area (Å²) in [5.74, 6) is 0.859. The number of carbonyl (C=O) groups excluding carboxylic acids is 1. The van der Waals surface area contributed by atoms with Gasteiger partial charge in [0.2, 0.25) is 5.76 Å². The number of amides is 1. The fraction of sp³-hybridized carbons (Fsp3) is 0.290. The van der Waals surface area contributed by atoms with E-state index in [-0.39, 0.29) is 23.6 Å². The lowest BCUT2D eigenvalue weighted by Crippen LogP contribution is -2.29. The number of ether oxygens (including phenoxy) is 2. The molecule has 0 saturated heterocycles. The zero-order chi connectivity index (χ0) is 27.0. The summed E-state index contributed by atoms with van der Waals surface area (Å²) in [5, 5.41) is 1.01. The average molecular weight is 532 g/mol. The molecule has 0 N–H and O–H groups in total. The number of benzene rings is 3. The van der Waals surface area contributed by atoms with Gasteiger partial charge < -0.3 is 18.8 Å². The van der Waals surface area contributed by atoms with Crippen LogP contribution >= 0.6 is 11.6 Å². The van der Waals surface area contributed by atoms with Crippen LogP contribution in [0.1, 0.15) is 64.2 Å². The van der Waals surface area contributed by atoms with E-state index in [2.05, 4.69) is 6.92 Å². The maximum absolute atomic E-state index is 14.0. The molecule has 4 aromatic rings. The highest BCUT2D eigenvalue weighted by Crippen LogP contribution is 2.42. The molecular weight excluding hydrogens is 502 g/mol. The number of hydrogen-bond acceptors (Lipinski definition) is 5. The van der Waals surface area contributed by atoms with Crippen LogP contribution in [0, 0.1) is 13.8 Å². The Bertz CT molecular complexity index is 1590. The quantitative estimate of drug-likeness (QED) is 0.229. The number of methoxy groups -OCH3 is 1. The van der Waals surface area contributed by atoms with Crippen molar-refractivity contribution in [2.45, 2.75) is 46.2 Å². The van der Waals surface area contributed by atoms with Gasteiger partial charge in [0.15, 0.2) is 16.9 Å². The topological polar surface area (TPSA) is 69.0 Å². The molecule has 38 heavy (non-hydrogen) atoms. The zero-order valence-corrected chi connectivity index (χ0v) is 22.7. The number of carbonyl (C=O) groups is 1. The van der Waals surface area contributed by atoms with Gasteiger partial charge in [0.05, 0.1) is 30.7 Å². The van der Waals surface area contributed by atoms with E-state index in [0.29, 0.717) is 39.7 Å². The first kappa shape index (κ1) is 25.9. The Morgan fingerprint density at radius 2 is 1.82 bits per heavy atom. The highest BCUT2D eigenvalue weighted by atomic mass is 35.5. The van der Waals surface area contributed by atoms with Gasteiger partial charge in [-0.05, 0) is 66.8 Å². The number of hydrogen-bond donors (Lipinski definition) is 0. The Morgan fingerprint density at radius 1 is 1.03 bits per heavy atom. The van der Waals surface area contributed by atoms with Crippen molar-refractivity contribution < 1.29 is 18.7 Å². The summed E-state index contributed by atoms with van der Waals surface area (Å²) >= 11 is 6.48. The van der Waals surface area contributed by atoms with E-state index < -0.39 is 6.04 Å². The molecule has 2 heterocycles. The second-order valence-electron chi connectivity index (χ2n) is 9.67. The van der Waals surface area contributed by atoms with Crippen molar-refractivity contribution in [1.82, 2.24) is 4.90 Å². The zero-order valence-electron chi connectivity index (χ0n) is 22.0. The summed E-state index contributed by atoms with van der Waals surface area (Å²) in [6.45, 7) is 6.70. The maximum atomic E-state index is 14.0. The number of nitrogens with zero attached hydrogens (tertiary/aromatic N) is 1. The third-order valence-electron chi connectivity index (χ3n) is 6.95. The first-order chi connectivity index (χ1) is 18.3. The first-order valence-electron chi connectivity index (χ1n) is 12.8. The van der Waals surface area contributed by atoms with Gasteiger partial charge in [-0.2, -0.15) is 0 Å². The summed E-state index contributed by atoms with van der Waals surface area (Å²) < 4.78 is 17.8. The van der Waals surface area contributed by atoms with Crippen LogP contribution < -0.4 is 14.9 Å². The van der Waals surface area contributed by atoms with Crippen molar-refractivity contribution in [3.8, 4) is 11.5 Å². The molecule has 0 radical (unpaired) electrons. The highest BCUT2D eigenvalue weighted by molar-refractivity contribution is 6.31. The fourth-order valence-electron chi connectivity index (χ4n) is 5.09. The predicted molar refractivity (Wildman–Crippen MR) is 149 cm³/mol. The van der Waals surface area contributed by atoms with E-state index in [4.69, 9.17) is 25.5 Å². The Labute approximate surface area is 226 Å². The lowest BCUT2D eigenvalue weighted by atomic mass is 9.96. The molecule has 0 bridgehead atoms. The molecule has 196 valence electrons. The third-order valence-corrected chi connectivity index (χ3v) is 7.32. The van der Waals surface area contributed by atoms with E-state index in [1.54, 1.807) is 18.1 Å². The van der Waals surface area contributed by atoms with Crippen LogP contribution in [-0.2, 0) is 6.54 Å². The maximum Gasteiger partial charge on any atom is 0.291 e. The molecule has 1 aliphatic heterocycles. The summed E-state index contributed by atoms with van der Waals surface area (Å²) in [6, 6.07) is 16.0. The van der Waals surface area contributed by atoms with E-state index in [1.165, 1.54) is 0 Å². The Morgan fingerprint density at radius 3 is 2.55 bits per heavy atom. The average Bonchev–Trinajstić information content (AvgIpc) is 3.18. The SMILES string of the molecule is CCCCOc1ccc(C2c3c(oc4c(C)cc(C)cc4c3=O)C(=O)N2Cc2ccccc2Cl)cc1OC. The van der Waals surface area contributed by atoms with Crippen molar-refractivity contribution in [3.63, 3.8) is 0 Å². The van der Waals surface area contributed by atoms with Gasteiger partial charge in [0.25, 0.3) is 5.91 Å². The van der Waals surface area contributed by atoms with E-state index in [9.17, 15) is 9.59 Å². The summed E-state index contributed by atoms with van der Waals surface area (Å²) in [6.07, 6.45) is 1.94. The normalized spacial score (nSPS) is 14.7. The largest absolute Gasteiger partial charge is 0.493 e. The van der Waals surface area contributed by atoms with Gasteiger partial charge in [-0.1, -0.05) is 55.3 Å². The van der Waals surface area contributed by atoms with Gasteiger partial charge in [-0.25, -0.2) is 0 Å². The van der Waals surface area contributed by atoms with Crippen LogP contribution in [-0.4, -0.2) is 24.5 Å². The van der Waals surface area contributed by atoms with Crippen LogP contribution in [0.4, 0.5) is 0 Å². The number of halogens is 1. The summed E-state index contributed by atoms with van der Waals surface area (Å²) in [7, 11) is 1.58. The molecule has 1 unspecified atom stereocenters. The first-order valence-corrected chi connectivity index (χ1v) is 13.1. The van der Waals surface area contributed by atoms with Crippen LogP contribution in [0.2, 0.25) is 5.02 Å². The van der Waals surface area contributed by atoms with Crippen LogP contribution in [0.25, 0.3) is 11.0 Å². The summed E-state index contributed by atoms with van der Waals surface area (Å²) in [5.41, 5.74) is 3.80. The minimum absolute atomic E-state index is 0.0637. The van der Waals surface area contributed by atoms with Crippen molar-refractivity contribution in [1.29, 1.82) is 0 Å². The Kier molecular flexibility index (Phi) is 7.17. The molecule has 0 fully saturated rings. The van der Waals surface area contributed by atoms with E-state index in [0.717, 1.165) is 35.1 Å². The van der Waals surface area contributed by atoms with E-state index in [1.807, 2.05) is 62.4 Å². The fourth-order valence-corrected chi connectivity index (χ4v) is 5.29. The minimum atomic E-state index is -0.686. The number of unbranched alkanes of at least 4 members (excludes halogenated alkanes) is 1. The Hall–Kier alpha value is -3.77. The molecule has 3 aromatic carbocycles. The van der Waals surface area contributed by atoms with Gasteiger partial charge >= 0.3 is 0 Å². The molecule has 1 atom stereocenters. The Balaban J connectivity index is 1.70. The lowest BCUT2D eigenvalue weighted by Gasteiger charge is -2.26. The monoisotopic (exact) mass is 531 g/mol. The smallest absolute Gasteiger partial charge is 0.291 e. The molecule has 1 aromatic heterocycles. The molecule has 0 saturated carbocycles. The highest BCUT2D eigenvalue weighted by Gasteiger charge is 2.43. The predicted octanol–water partition coefficient (Wildman–Crippen LogP) is 7.00.